The Morgan fingerprint density at radius 1 is 1.43 bits per heavy atom. The molecule has 6 heteroatoms. The third-order valence-corrected chi connectivity index (χ3v) is 4.01. The molecule has 0 bridgehead atoms. The van der Waals surface area contributed by atoms with Gasteiger partial charge in [0.1, 0.15) is 5.82 Å². The Balaban J connectivity index is 2.21. The van der Waals surface area contributed by atoms with Gasteiger partial charge in [-0.25, -0.2) is 4.98 Å². The maximum atomic E-state index is 12.4. The number of carbonyl (C=O) groups is 1. The smallest absolute Gasteiger partial charge is 0.252 e. The van der Waals surface area contributed by atoms with Crippen molar-refractivity contribution in [3.63, 3.8) is 0 Å². The third kappa shape index (κ3) is 4.01. The van der Waals surface area contributed by atoms with Gasteiger partial charge >= 0.3 is 0 Å². The predicted molar refractivity (Wildman–Crippen MR) is 86.6 cm³/mol. The lowest BCUT2D eigenvalue weighted by molar-refractivity contribution is 0.0941. The molecule has 0 aliphatic rings. The summed E-state index contributed by atoms with van der Waals surface area (Å²) in [5.41, 5.74) is 6.98. The summed E-state index contributed by atoms with van der Waals surface area (Å²) in [6.45, 7) is 1.90. The normalized spacial score (nSPS) is 13.8. The molecular formula is C15H19N3O2S. The summed E-state index contributed by atoms with van der Waals surface area (Å²) in [6, 6.07) is 8.93. The number of hydrogen-bond acceptors (Lipinski definition) is 4. The number of aromatic nitrogens is 1. The van der Waals surface area contributed by atoms with Crippen molar-refractivity contribution in [3.05, 3.63) is 35.9 Å². The topological polar surface area (TPSA) is 85.1 Å². The van der Waals surface area contributed by atoms with E-state index in [9.17, 15) is 9.00 Å². The van der Waals surface area contributed by atoms with E-state index < -0.39 is 10.8 Å². The van der Waals surface area contributed by atoms with Crippen LogP contribution in [0.5, 0.6) is 0 Å². The molecule has 21 heavy (non-hydrogen) atoms. The van der Waals surface area contributed by atoms with Crippen LogP contribution in [0, 0.1) is 0 Å². The highest BCUT2D eigenvalue weighted by Crippen LogP contribution is 2.19. The van der Waals surface area contributed by atoms with Gasteiger partial charge in [-0.1, -0.05) is 18.2 Å². The summed E-state index contributed by atoms with van der Waals surface area (Å²) in [7, 11) is -0.853. The Hall–Kier alpha value is -1.95. The van der Waals surface area contributed by atoms with Gasteiger partial charge in [-0.15, -0.1) is 0 Å². The zero-order valence-corrected chi connectivity index (χ0v) is 12.9. The second kappa shape index (κ2) is 6.67. The van der Waals surface area contributed by atoms with Crippen molar-refractivity contribution in [1.82, 2.24) is 10.3 Å². The van der Waals surface area contributed by atoms with E-state index >= 15 is 0 Å². The van der Waals surface area contributed by atoms with Crippen LogP contribution in [-0.4, -0.2) is 33.2 Å². The lowest BCUT2D eigenvalue weighted by atomic mass is 10.1. The Morgan fingerprint density at radius 3 is 2.86 bits per heavy atom. The Morgan fingerprint density at radius 2 is 2.14 bits per heavy atom. The first kappa shape index (κ1) is 15.4. The molecule has 0 saturated heterocycles. The van der Waals surface area contributed by atoms with Gasteiger partial charge in [0.05, 0.1) is 11.1 Å². The van der Waals surface area contributed by atoms with Gasteiger partial charge in [0.25, 0.3) is 5.91 Å². The molecule has 2 rings (SSSR count). The van der Waals surface area contributed by atoms with Crippen molar-refractivity contribution in [2.75, 3.05) is 17.7 Å². The average molecular weight is 305 g/mol. The number of fused-ring (bicyclic) bond motifs is 1. The van der Waals surface area contributed by atoms with Crippen LogP contribution in [0.3, 0.4) is 0 Å². The zero-order valence-electron chi connectivity index (χ0n) is 12.1. The van der Waals surface area contributed by atoms with Gasteiger partial charge in [0.15, 0.2) is 0 Å². The lowest BCUT2D eigenvalue weighted by Gasteiger charge is -2.14. The minimum absolute atomic E-state index is 0.0467. The number of benzene rings is 1. The van der Waals surface area contributed by atoms with Crippen LogP contribution in [0.2, 0.25) is 0 Å². The molecule has 0 saturated carbocycles. The van der Waals surface area contributed by atoms with Gasteiger partial charge in [0, 0.05) is 34.2 Å². The van der Waals surface area contributed by atoms with Crippen molar-refractivity contribution in [2.45, 2.75) is 19.4 Å². The highest BCUT2D eigenvalue weighted by atomic mass is 32.2. The summed E-state index contributed by atoms with van der Waals surface area (Å²) in [5, 5.41) is 3.69. The SMILES string of the molecule is CC(CCS(C)=O)NC(=O)c1cc(N)nc2ccccc12. The first-order valence-corrected chi connectivity index (χ1v) is 8.46. The van der Waals surface area contributed by atoms with Crippen LogP contribution >= 0.6 is 0 Å². The molecule has 1 amide bonds. The minimum atomic E-state index is -0.853. The number of pyridine rings is 1. The van der Waals surface area contributed by atoms with E-state index in [2.05, 4.69) is 10.3 Å². The Kier molecular flexibility index (Phi) is 4.90. The second-order valence-electron chi connectivity index (χ2n) is 5.05. The maximum absolute atomic E-state index is 12.4. The molecule has 2 unspecified atom stereocenters. The summed E-state index contributed by atoms with van der Waals surface area (Å²) >= 11 is 0. The predicted octanol–water partition coefficient (Wildman–Crippen LogP) is 1.70. The molecule has 1 aromatic heterocycles. The van der Waals surface area contributed by atoms with Gasteiger partial charge in [-0.3, -0.25) is 9.00 Å². The largest absolute Gasteiger partial charge is 0.384 e. The quantitative estimate of drug-likeness (QED) is 0.880. The van der Waals surface area contributed by atoms with Crippen molar-refractivity contribution in [3.8, 4) is 0 Å². The molecule has 0 aliphatic carbocycles. The molecule has 0 radical (unpaired) electrons. The third-order valence-electron chi connectivity index (χ3n) is 3.20. The number of para-hydroxylation sites is 1. The highest BCUT2D eigenvalue weighted by Gasteiger charge is 2.14. The molecule has 5 nitrogen and oxygen atoms in total. The summed E-state index contributed by atoms with van der Waals surface area (Å²) in [6.07, 6.45) is 2.33. The van der Waals surface area contributed by atoms with E-state index in [1.54, 1.807) is 12.3 Å². The van der Waals surface area contributed by atoms with Crippen LogP contribution < -0.4 is 11.1 Å². The van der Waals surface area contributed by atoms with Crippen LogP contribution in [0.15, 0.2) is 30.3 Å². The monoisotopic (exact) mass is 305 g/mol. The zero-order chi connectivity index (χ0) is 15.4. The van der Waals surface area contributed by atoms with E-state index in [0.717, 1.165) is 5.39 Å². The van der Waals surface area contributed by atoms with E-state index in [0.29, 0.717) is 29.1 Å². The molecule has 1 heterocycles. The molecular weight excluding hydrogens is 286 g/mol. The summed E-state index contributed by atoms with van der Waals surface area (Å²) in [4.78, 5) is 16.6. The Labute approximate surface area is 126 Å². The van der Waals surface area contributed by atoms with Crippen LogP contribution in [-0.2, 0) is 10.8 Å². The van der Waals surface area contributed by atoms with Gasteiger partial charge in [-0.2, -0.15) is 0 Å². The minimum Gasteiger partial charge on any atom is -0.384 e. The summed E-state index contributed by atoms with van der Waals surface area (Å²) in [5.74, 6) is 0.705. The average Bonchev–Trinajstić information content (AvgIpc) is 2.44. The van der Waals surface area contributed by atoms with Crippen molar-refractivity contribution in [1.29, 1.82) is 0 Å². The van der Waals surface area contributed by atoms with Crippen molar-refractivity contribution in [2.24, 2.45) is 0 Å². The van der Waals surface area contributed by atoms with Gasteiger partial charge in [-0.05, 0) is 25.5 Å². The first-order chi connectivity index (χ1) is 9.97. The molecule has 0 spiro atoms. The fourth-order valence-corrected chi connectivity index (χ4v) is 2.79. The molecule has 1 aromatic carbocycles. The highest BCUT2D eigenvalue weighted by molar-refractivity contribution is 7.84. The molecule has 112 valence electrons. The van der Waals surface area contributed by atoms with Crippen LogP contribution in [0.4, 0.5) is 5.82 Å². The number of anilines is 1. The van der Waals surface area contributed by atoms with Gasteiger partial charge in [0.2, 0.25) is 0 Å². The van der Waals surface area contributed by atoms with Crippen LogP contribution in [0.25, 0.3) is 10.9 Å². The second-order valence-corrected chi connectivity index (χ2v) is 6.61. The van der Waals surface area contributed by atoms with Gasteiger partial charge < -0.3 is 11.1 Å². The van der Waals surface area contributed by atoms with Crippen molar-refractivity contribution < 1.29 is 9.00 Å². The molecule has 0 fully saturated rings. The molecule has 2 aromatic rings. The number of carbonyl (C=O) groups excluding carboxylic acids is 1. The number of nitrogen functional groups attached to an aromatic ring is 1. The Bertz CT molecular complexity index is 688. The number of amides is 1. The molecule has 3 N–H and O–H groups in total. The first-order valence-electron chi connectivity index (χ1n) is 6.73. The van der Waals surface area contributed by atoms with Crippen molar-refractivity contribution >= 4 is 33.4 Å². The fraction of sp³-hybridized carbons (Fsp3) is 0.333. The molecule has 2 atom stereocenters. The number of nitrogens with zero attached hydrogens (tertiary/aromatic N) is 1. The summed E-state index contributed by atoms with van der Waals surface area (Å²) < 4.78 is 11.1. The van der Waals surface area contributed by atoms with Crippen LogP contribution in [0.1, 0.15) is 23.7 Å². The number of rotatable bonds is 5. The molecule has 0 aliphatic heterocycles. The lowest BCUT2D eigenvalue weighted by Crippen LogP contribution is -2.33. The standard InChI is InChI=1S/C15H19N3O2S/c1-10(7-8-21(2)20)17-15(19)12-9-14(16)18-13-6-4-3-5-11(12)13/h3-6,9-10H,7-8H2,1-2H3,(H2,16,18)(H,17,19). The number of nitrogens with one attached hydrogen (secondary N) is 1. The fourth-order valence-electron chi connectivity index (χ4n) is 2.10. The van der Waals surface area contributed by atoms with E-state index in [1.807, 2.05) is 31.2 Å². The number of hydrogen-bond donors (Lipinski definition) is 2. The van der Waals surface area contributed by atoms with E-state index in [1.165, 1.54) is 0 Å². The number of nitrogens with two attached hydrogens (primary N) is 1. The van der Waals surface area contributed by atoms with E-state index in [4.69, 9.17) is 5.73 Å². The maximum Gasteiger partial charge on any atom is 0.252 e. The van der Waals surface area contributed by atoms with E-state index in [-0.39, 0.29) is 11.9 Å².